The summed E-state index contributed by atoms with van der Waals surface area (Å²) in [5, 5.41) is 24.4. The standard InChI is InChI=1S/C20H22N4O/c1-7-24-18(16(12-21)13(2)23-24)19(25)17(22-6)14-8-10-15(11-9-14)20(3,4)5/h8-11,25H,7H2,1-5H3/b19-17+. The second-order valence-electron chi connectivity index (χ2n) is 6.87. The average Bonchev–Trinajstić information content (AvgIpc) is 2.90. The maximum Gasteiger partial charge on any atom is 0.237 e. The number of hydrogen-bond acceptors (Lipinski definition) is 3. The number of aliphatic hydroxyl groups excluding tert-OH is 1. The Bertz CT molecular complexity index is 897. The Morgan fingerprint density at radius 2 is 1.92 bits per heavy atom. The van der Waals surface area contributed by atoms with Crippen LogP contribution in [0.2, 0.25) is 0 Å². The van der Waals surface area contributed by atoms with Crippen LogP contribution in [-0.2, 0) is 12.0 Å². The molecule has 0 amide bonds. The van der Waals surface area contributed by atoms with Crippen LogP contribution in [0.25, 0.3) is 16.3 Å². The van der Waals surface area contributed by atoms with Crippen LogP contribution in [0.3, 0.4) is 0 Å². The fourth-order valence-electron chi connectivity index (χ4n) is 2.68. The predicted octanol–water partition coefficient (Wildman–Crippen LogP) is 4.68. The third kappa shape index (κ3) is 3.41. The first-order valence-corrected chi connectivity index (χ1v) is 8.14. The molecule has 0 aliphatic carbocycles. The van der Waals surface area contributed by atoms with Crippen molar-refractivity contribution in [3.05, 3.63) is 63.8 Å². The summed E-state index contributed by atoms with van der Waals surface area (Å²) < 4.78 is 1.55. The van der Waals surface area contributed by atoms with E-state index >= 15 is 0 Å². The van der Waals surface area contributed by atoms with Crippen molar-refractivity contribution in [2.24, 2.45) is 0 Å². The lowest BCUT2D eigenvalue weighted by atomic mass is 9.86. The number of nitrogens with zero attached hydrogens (tertiary/aromatic N) is 4. The van der Waals surface area contributed by atoms with Gasteiger partial charge in [0.2, 0.25) is 5.70 Å². The molecule has 1 N–H and O–H groups in total. The Morgan fingerprint density at radius 3 is 2.36 bits per heavy atom. The first kappa shape index (κ1) is 18.3. The summed E-state index contributed by atoms with van der Waals surface area (Å²) in [6.07, 6.45) is 0. The molecule has 0 unspecified atom stereocenters. The molecule has 0 spiro atoms. The second-order valence-corrected chi connectivity index (χ2v) is 6.87. The van der Waals surface area contributed by atoms with Gasteiger partial charge >= 0.3 is 0 Å². The molecule has 128 valence electrons. The van der Waals surface area contributed by atoms with Crippen molar-refractivity contribution in [3.8, 4) is 6.07 Å². The Labute approximate surface area is 148 Å². The summed E-state index contributed by atoms with van der Waals surface area (Å²) >= 11 is 0. The number of aryl methyl sites for hydroxylation is 2. The molecule has 1 aromatic heterocycles. The number of aromatic nitrogens is 2. The van der Waals surface area contributed by atoms with E-state index in [0.717, 1.165) is 5.56 Å². The third-order valence-electron chi connectivity index (χ3n) is 4.12. The monoisotopic (exact) mass is 334 g/mol. The zero-order valence-electron chi connectivity index (χ0n) is 15.3. The zero-order chi connectivity index (χ0) is 18.8. The highest BCUT2D eigenvalue weighted by Crippen LogP contribution is 2.30. The molecular formula is C20H22N4O. The van der Waals surface area contributed by atoms with Crippen LogP contribution in [0.5, 0.6) is 0 Å². The molecule has 2 aromatic rings. The summed E-state index contributed by atoms with van der Waals surface area (Å²) in [5.41, 5.74) is 3.03. The maximum atomic E-state index is 10.8. The van der Waals surface area contributed by atoms with E-state index in [1.54, 1.807) is 11.6 Å². The SMILES string of the molecule is [C-]#[N+]/C(=C(/O)c1c(C#N)c(C)nn1CC)c1ccc(C(C)(C)C)cc1. The van der Waals surface area contributed by atoms with Gasteiger partial charge in [0.15, 0.2) is 0 Å². The number of rotatable bonds is 3. The van der Waals surface area contributed by atoms with Gasteiger partial charge < -0.3 is 5.11 Å². The fraction of sp³-hybridized carbons (Fsp3) is 0.350. The molecule has 0 saturated heterocycles. The molecule has 1 heterocycles. The third-order valence-corrected chi connectivity index (χ3v) is 4.12. The van der Waals surface area contributed by atoms with Crippen molar-refractivity contribution in [1.29, 1.82) is 5.26 Å². The number of benzene rings is 1. The second kappa shape index (κ2) is 6.83. The lowest BCUT2D eigenvalue weighted by Gasteiger charge is -2.19. The largest absolute Gasteiger partial charge is 0.517 e. The van der Waals surface area contributed by atoms with E-state index in [9.17, 15) is 10.4 Å². The number of nitriles is 1. The quantitative estimate of drug-likeness (QED) is 0.654. The zero-order valence-corrected chi connectivity index (χ0v) is 15.3. The van der Waals surface area contributed by atoms with Crippen molar-refractivity contribution in [3.63, 3.8) is 0 Å². The van der Waals surface area contributed by atoms with E-state index in [1.807, 2.05) is 31.2 Å². The van der Waals surface area contributed by atoms with E-state index in [0.29, 0.717) is 29.1 Å². The highest BCUT2D eigenvalue weighted by Gasteiger charge is 2.22. The molecular weight excluding hydrogens is 312 g/mol. The lowest BCUT2D eigenvalue weighted by molar-refractivity contribution is 0.497. The molecule has 1 aromatic carbocycles. The topological polar surface area (TPSA) is 66.2 Å². The molecule has 2 rings (SSSR count). The van der Waals surface area contributed by atoms with E-state index in [2.05, 4.69) is 36.8 Å². The highest BCUT2D eigenvalue weighted by atomic mass is 16.3. The van der Waals surface area contributed by atoms with Crippen LogP contribution >= 0.6 is 0 Å². The molecule has 0 fully saturated rings. The first-order chi connectivity index (χ1) is 11.7. The molecule has 0 aliphatic heterocycles. The van der Waals surface area contributed by atoms with Gasteiger partial charge in [-0.05, 0) is 30.4 Å². The smallest absolute Gasteiger partial charge is 0.237 e. The van der Waals surface area contributed by atoms with Crippen molar-refractivity contribution in [2.75, 3.05) is 0 Å². The van der Waals surface area contributed by atoms with Gasteiger partial charge in [-0.3, -0.25) is 4.68 Å². The predicted molar refractivity (Wildman–Crippen MR) is 98.5 cm³/mol. The number of aliphatic hydroxyl groups is 1. The van der Waals surface area contributed by atoms with Gasteiger partial charge in [-0.15, -0.1) is 0 Å². The first-order valence-electron chi connectivity index (χ1n) is 8.14. The summed E-state index contributed by atoms with van der Waals surface area (Å²) in [6, 6.07) is 9.66. The fourth-order valence-corrected chi connectivity index (χ4v) is 2.68. The normalized spacial score (nSPS) is 12.3. The van der Waals surface area contributed by atoms with Crippen molar-refractivity contribution < 1.29 is 5.11 Å². The van der Waals surface area contributed by atoms with Gasteiger partial charge in [0.1, 0.15) is 23.1 Å². The van der Waals surface area contributed by atoms with Crippen LogP contribution in [-0.4, -0.2) is 14.9 Å². The minimum absolute atomic E-state index is 0.00841. The minimum Gasteiger partial charge on any atom is -0.517 e. The number of hydrogen-bond donors (Lipinski definition) is 1. The molecule has 0 radical (unpaired) electrons. The minimum atomic E-state index is -0.211. The summed E-state index contributed by atoms with van der Waals surface area (Å²) in [4.78, 5) is 3.52. The highest BCUT2D eigenvalue weighted by molar-refractivity contribution is 5.90. The van der Waals surface area contributed by atoms with E-state index in [-0.39, 0.29) is 16.9 Å². The molecule has 5 nitrogen and oxygen atoms in total. The Kier molecular flexibility index (Phi) is 4.99. The average molecular weight is 334 g/mol. The molecule has 25 heavy (non-hydrogen) atoms. The van der Waals surface area contributed by atoms with E-state index in [4.69, 9.17) is 6.57 Å². The van der Waals surface area contributed by atoms with Gasteiger partial charge in [0, 0.05) is 6.54 Å². The van der Waals surface area contributed by atoms with Gasteiger partial charge in [-0.2, -0.15) is 10.4 Å². The Hall–Kier alpha value is -3.05. The summed E-state index contributed by atoms with van der Waals surface area (Å²) in [5.74, 6) is -0.211. The molecule has 5 heteroatoms. The van der Waals surface area contributed by atoms with Crippen LogP contribution < -0.4 is 0 Å². The molecule has 0 atom stereocenters. The Balaban J connectivity index is 2.64. The maximum absolute atomic E-state index is 10.8. The van der Waals surface area contributed by atoms with Gasteiger partial charge in [-0.25, -0.2) is 4.85 Å². The lowest BCUT2D eigenvalue weighted by Crippen LogP contribution is -2.10. The van der Waals surface area contributed by atoms with Crippen molar-refractivity contribution in [2.45, 2.75) is 46.6 Å². The van der Waals surface area contributed by atoms with Crippen LogP contribution in [0, 0.1) is 24.8 Å². The van der Waals surface area contributed by atoms with E-state index < -0.39 is 0 Å². The van der Waals surface area contributed by atoms with Crippen LogP contribution in [0.4, 0.5) is 0 Å². The molecule has 0 aliphatic rings. The summed E-state index contributed by atoms with van der Waals surface area (Å²) in [7, 11) is 0. The molecule has 0 bridgehead atoms. The van der Waals surface area contributed by atoms with Crippen molar-refractivity contribution in [1.82, 2.24) is 9.78 Å². The van der Waals surface area contributed by atoms with Gasteiger partial charge in [0.25, 0.3) is 0 Å². The van der Waals surface area contributed by atoms with Gasteiger partial charge in [-0.1, -0.05) is 45.0 Å². The van der Waals surface area contributed by atoms with Crippen molar-refractivity contribution >= 4 is 11.5 Å². The molecule has 0 saturated carbocycles. The van der Waals surface area contributed by atoms with E-state index in [1.165, 1.54) is 0 Å². The summed E-state index contributed by atoms with van der Waals surface area (Å²) in [6.45, 7) is 18.0. The van der Waals surface area contributed by atoms with Crippen LogP contribution in [0.15, 0.2) is 24.3 Å². The van der Waals surface area contributed by atoms with Gasteiger partial charge in [0.05, 0.1) is 12.3 Å². The van der Waals surface area contributed by atoms with Crippen LogP contribution in [0.1, 0.15) is 55.8 Å². The Morgan fingerprint density at radius 1 is 1.32 bits per heavy atom.